The van der Waals surface area contributed by atoms with Gasteiger partial charge in [0.1, 0.15) is 10.9 Å². The lowest BCUT2D eigenvalue weighted by molar-refractivity contribution is -0.141. The quantitative estimate of drug-likeness (QED) is 0.855. The molecule has 0 bridgehead atoms. The fraction of sp³-hybridized carbons (Fsp3) is 0.400. The van der Waals surface area contributed by atoms with E-state index in [1.165, 1.54) is 26.1 Å². The molecule has 2 amide bonds. The van der Waals surface area contributed by atoms with E-state index in [9.17, 15) is 22.8 Å². The molecule has 1 atom stereocenters. The Hall–Kier alpha value is -2.42. The van der Waals surface area contributed by atoms with E-state index in [-0.39, 0.29) is 16.0 Å². The first kappa shape index (κ1) is 17.9. The summed E-state index contributed by atoms with van der Waals surface area (Å²) in [4.78, 5) is 36.4. The monoisotopic (exact) mass is 354 g/mol. The predicted octanol–water partition coefficient (Wildman–Crippen LogP) is 0.785. The lowest BCUT2D eigenvalue weighted by Crippen LogP contribution is -2.40. The maximum Gasteiger partial charge on any atom is 0.326 e. The minimum Gasteiger partial charge on any atom is -0.480 e. The Morgan fingerprint density at radius 3 is 2.29 bits per heavy atom. The molecule has 1 unspecified atom stereocenters. The van der Waals surface area contributed by atoms with Crippen LogP contribution in [0.1, 0.15) is 41.5 Å². The number of nitrogens with zero attached hydrogens (tertiary/aromatic N) is 2. The van der Waals surface area contributed by atoms with Gasteiger partial charge in [-0.1, -0.05) is 0 Å². The normalized spacial score (nSPS) is 16.9. The van der Waals surface area contributed by atoms with E-state index >= 15 is 0 Å². The molecule has 0 aromatic heterocycles. The van der Waals surface area contributed by atoms with Crippen molar-refractivity contribution in [3.63, 3.8) is 0 Å². The Labute approximate surface area is 139 Å². The van der Waals surface area contributed by atoms with E-state index in [0.717, 1.165) is 15.3 Å². The summed E-state index contributed by atoms with van der Waals surface area (Å²) in [6.45, 7) is 4.50. The zero-order valence-corrected chi connectivity index (χ0v) is 14.5. The standard InChI is InChI=1S/C15H18N2O6S/c1-8(2)17-14(19)11-6-5-10(7-12(11)24(17,22)23)13(18)16(4)9(3)15(20)21/h5-9H,1-4H3,(H,20,21). The van der Waals surface area contributed by atoms with Crippen LogP contribution in [0.2, 0.25) is 0 Å². The van der Waals surface area contributed by atoms with Crippen LogP contribution in [0.15, 0.2) is 23.1 Å². The largest absolute Gasteiger partial charge is 0.480 e. The number of rotatable bonds is 4. The Balaban J connectivity index is 2.48. The van der Waals surface area contributed by atoms with E-state index < -0.39 is 39.9 Å². The molecule has 0 spiro atoms. The van der Waals surface area contributed by atoms with Crippen LogP contribution in [0.4, 0.5) is 0 Å². The van der Waals surface area contributed by atoms with Gasteiger partial charge in [0.05, 0.1) is 5.56 Å². The van der Waals surface area contributed by atoms with Crippen molar-refractivity contribution in [3.05, 3.63) is 29.3 Å². The van der Waals surface area contributed by atoms with E-state index in [0.29, 0.717) is 0 Å². The lowest BCUT2D eigenvalue weighted by atomic mass is 10.1. The SMILES string of the molecule is CC(C(=O)O)N(C)C(=O)c1ccc2c(c1)S(=O)(=O)N(C(C)C)C2=O. The fourth-order valence-electron chi connectivity index (χ4n) is 2.44. The summed E-state index contributed by atoms with van der Waals surface area (Å²) < 4.78 is 25.8. The van der Waals surface area contributed by atoms with Crippen LogP contribution in [-0.4, -0.2) is 59.6 Å². The highest BCUT2D eigenvalue weighted by atomic mass is 32.2. The first-order chi connectivity index (χ1) is 11.0. The van der Waals surface area contributed by atoms with Crippen molar-refractivity contribution >= 4 is 27.8 Å². The summed E-state index contributed by atoms with van der Waals surface area (Å²) in [6.07, 6.45) is 0. The van der Waals surface area contributed by atoms with Crippen LogP contribution in [0.25, 0.3) is 0 Å². The third-order valence-electron chi connectivity index (χ3n) is 3.92. The third kappa shape index (κ3) is 2.64. The van der Waals surface area contributed by atoms with Gasteiger partial charge in [0, 0.05) is 18.7 Å². The second-order valence-corrected chi connectivity index (χ2v) is 7.62. The van der Waals surface area contributed by atoms with Gasteiger partial charge >= 0.3 is 5.97 Å². The van der Waals surface area contributed by atoms with Crippen molar-refractivity contribution in [3.8, 4) is 0 Å². The number of carbonyl (C=O) groups excluding carboxylic acids is 2. The average molecular weight is 354 g/mol. The number of benzene rings is 1. The zero-order valence-electron chi connectivity index (χ0n) is 13.7. The summed E-state index contributed by atoms with van der Waals surface area (Å²) in [5, 5.41) is 8.98. The summed E-state index contributed by atoms with van der Waals surface area (Å²) in [6, 6.07) is 2.10. The number of hydrogen-bond donors (Lipinski definition) is 1. The van der Waals surface area contributed by atoms with Crippen LogP contribution in [-0.2, 0) is 14.8 Å². The van der Waals surface area contributed by atoms with Crippen LogP contribution in [0.3, 0.4) is 0 Å². The van der Waals surface area contributed by atoms with Crippen molar-refractivity contribution in [2.75, 3.05) is 7.05 Å². The Morgan fingerprint density at radius 1 is 1.21 bits per heavy atom. The number of fused-ring (bicyclic) bond motifs is 1. The highest BCUT2D eigenvalue weighted by molar-refractivity contribution is 7.90. The molecule has 1 heterocycles. The lowest BCUT2D eigenvalue weighted by Gasteiger charge is -2.21. The molecule has 8 nitrogen and oxygen atoms in total. The number of carboxylic acid groups (broad SMARTS) is 1. The van der Waals surface area contributed by atoms with E-state index in [1.54, 1.807) is 13.8 Å². The van der Waals surface area contributed by atoms with Gasteiger partial charge < -0.3 is 10.0 Å². The number of sulfonamides is 1. The van der Waals surface area contributed by atoms with E-state index in [2.05, 4.69) is 0 Å². The molecular weight excluding hydrogens is 336 g/mol. The molecule has 24 heavy (non-hydrogen) atoms. The van der Waals surface area contributed by atoms with Gasteiger partial charge in [-0.25, -0.2) is 17.5 Å². The molecule has 1 aromatic rings. The van der Waals surface area contributed by atoms with Gasteiger partial charge in [-0.15, -0.1) is 0 Å². The third-order valence-corrected chi connectivity index (χ3v) is 5.92. The summed E-state index contributed by atoms with van der Waals surface area (Å²) in [5.74, 6) is -2.45. The van der Waals surface area contributed by atoms with Crippen molar-refractivity contribution < 1.29 is 27.9 Å². The number of carboxylic acids is 1. The molecule has 0 aliphatic carbocycles. The second-order valence-electron chi connectivity index (χ2n) is 5.84. The van der Waals surface area contributed by atoms with Crippen molar-refractivity contribution in [2.45, 2.75) is 37.8 Å². The topological polar surface area (TPSA) is 112 Å². The number of amides is 2. The smallest absolute Gasteiger partial charge is 0.326 e. The summed E-state index contributed by atoms with van der Waals surface area (Å²) in [7, 11) is -2.70. The van der Waals surface area contributed by atoms with E-state index in [1.807, 2.05) is 0 Å². The molecule has 9 heteroatoms. The Kier molecular flexibility index (Phi) is 4.40. The van der Waals surface area contributed by atoms with Crippen molar-refractivity contribution in [1.29, 1.82) is 0 Å². The van der Waals surface area contributed by atoms with Crippen molar-refractivity contribution in [1.82, 2.24) is 9.21 Å². The molecule has 0 radical (unpaired) electrons. The molecule has 0 saturated carbocycles. The summed E-state index contributed by atoms with van der Waals surface area (Å²) >= 11 is 0. The molecule has 0 fully saturated rings. The number of hydrogen-bond acceptors (Lipinski definition) is 5. The molecule has 1 aliphatic rings. The first-order valence-electron chi connectivity index (χ1n) is 7.23. The van der Waals surface area contributed by atoms with Crippen LogP contribution >= 0.6 is 0 Å². The molecule has 1 aliphatic heterocycles. The van der Waals surface area contributed by atoms with Crippen LogP contribution < -0.4 is 0 Å². The van der Waals surface area contributed by atoms with Gasteiger partial charge in [0.25, 0.3) is 21.8 Å². The molecular formula is C15H18N2O6S. The minimum absolute atomic E-state index is 0.00586. The van der Waals surface area contributed by atoms with E-state index in [4.69, 9.17) is 5.11 Å². The highest BCUT2D eigenvalue weighted by Crippen LogP contribution is 2.32. The molecule has 0 saturated heterocycles. The molecule has 2 rings (SSSR count). The van der Waals surface area contributed by atoms with Crippen LogP contribution in [0.5, 0.6) is 0 Å². The molecule has 130 valence electrons. The predicted molar refractivity (Wildman–Crippen MR) is 84.1 cm³/mol. The van der Waals surface area contributed by atoms with Crippen molar-refractivity contribution in [2.24, 2.45) is 0 Å². The van der Waals surface area contributed by atoms with Gasteiger partial charge in [0.15, 0.2) is 0 Å². The van der Waals surface area contributed by atoms with Gasteiger partial charge in [-0.05, 0) is 39.0 Å². The number of carbonyl (C=O) groups is 3. The highest BCUT2D eigenvalue weighted by Gasteiger charge is 2.43. The first-order valence-corrected chi connectivity index (χ1v) is 8.67. The number of aliphatic carboxylic acids is 1. The minimum atomic E-state index is -4.02. The molecule has 1 N–H and O–H groups in total. The summed E-state index contributed by atoms with van der Waals surface area (Å²) in [5.41, 5.74) is 0.0144. The molecule has 1 aromatic carbocycles. The average Bonchev–Trinajstić information content (AvgIpc) is 2.71. The number of likely N-dealkylation sites (N-methyl/N-ethyl adjacent to an activating group) is 1. The van der Waals surface area contributed by atoms with Gasteiger partial charge in [-0.3, -0.25) is 9.59 Å². The van der Waals surface area contributed by atoms with Gasteiger partial charge in [-0.2, -0.15) is 0 Å². The Morgan fingerprint density at radius 2 is 1.79 bits per heavy atom. The maximum atomic E-state index is 12.5. The Bertz CT molecular complexity index is 830. The fourth-order valence-corrected chi connectivity index (χ4v) is 4.23. The second kappa shape index (κ2) is 5.90. The maximum absolute atomic E-state index is 12.5. The van der Waals surface area contributed by atoms with Gasteiger partial charge in [0.2, 0.25) is 0 Å². The zero-order chi connectivity index (χ0) is 18.4. The van der Waals surface area contributed by atoms with Crippen LogP contribution in [0, 0.1) is 0 Å².